The number of guanidine groups is 2. The van der Waals surface area contributed by atoms with Crippen LogP contribution in [0.2, 0.25) is 0 Å². The SMILES string of the molecule is CCC(CN=C(N)N=C(N)N)c1ccccc1. The Kier molecular flexibility index (Phi) is 5.00. The van der Waals surface area contributed by atoms with E-state index in [0.717, 1.165) is 6.42 Å². The molecule has 0 fully saturated rings. The maximum atomic E-state index is 5.56. The van der Waals surface area contributed by atoms with E-state index in [4.69, 9.17) is 17.2 Å². The van der Waals surface area contributed by atoms with Crippen LogP contribution in [0.15, 0.2) is 40.3 Å². The second kappa shape index (κ2) is 6.52. The summed E-state index contributed by atoms with van der Waals surface area (Å²) in [6, 6.07) is 10.2. The van der Waals surface area contributed by atoms with Crippen molar-refractivity contribution in [3.63, 3.8) is 0 Å². The van der Waals surface area contributed by atoms with Crippen LogP contribution in [0.1, 0.15) is 24.8 Å². The molecule has 0 aliphatic rings. The molecule has 17 heavy (non-hydrogen) atoms. The van der Waals surface area contributed by atoms with Crippen molar-refractivity contribution < 1.29 is 0 Å². The van der Waals surface area contributed by atoms with E-state index in [0.29, 0.717) is 12.5 Å². The van der Waals surface area contributed by atoms with Crippen LogP contribution < -0.4 is 17.2 Å². The van der Waals surface area contributed by atoms with Crippen LogP contribution in [0.4, 0.5) is 0 Å². The quantitative estimate of drug-likeness (QED) is 0.528. The maximum Gasteiger partial charge on any atom is 0.218 e. The highest BCUT2D eigenvalue weighted by atomic mass is 15.1. The second-order valence-corrected chi connectivity index (χ2v) is 3.75. The average Bonchev–Trinajstić information content (AvgIpc) is 2.30. The van der Waals surface area contributed by atoms with Crippen LogP contribution in [0.25, 0.3) is 0 Å². The van der Waals surface area contributed by atoms with Crippen molar-refractivity contribution in [1.29, 1.82) is 0 Å². The van der Waals surface area contributed by atoms with Crippen molar-refractivity contribution >= 4 is 11.9 Å². The Morgan fingerprint density at radius 2 is 1.82 bits per heavy atom. The van der Waals surface area contributed by atoms with Crippen molar-refractivity contribution in [2.24, 2.45) is 27.2 Å². The Morgan fingerprint density at radius 3 is 2.35 bits per heavy atom. The fraction of sp³-hybridized carbons (Fsp3) is 0.333. The summed E-state index contributed by atoms with van der Waals surface area (Å²) >= 11 is 0. The third-order valence-electron chi connectivity index (χ3n) is 2.48. The molecule has 0 bridgehead atoms. The Hall–Kier alpha value is -2.04. The number of hydrogen-bond acceptors (Lipinski definition) is 1. The molecule has 1 atom stereocenters. The second-order valence-electron chi connectivity index (χ2n) is 3.75. The summed E-state index contributed by atoms with van der Waals surface area (Å²) in [4.78, 5) is 7.84. The number of rotatable bonds is 4. The average molecular weight is 233 g/mol. The van der Waals surface area contributed by atoms with E-state index < -0.39 is 0 Å². The summed E-state index contributed by atoms with van der Waals surface area (Å²) < 4.78 is 0. The summed E-state index contributed by atoms with van der Waals surface area (Å²) in [5.74, 6) is 0.391. The van der Waals surface area contributed by atoms with Crippen molar-refractivity contribution in [2.45, 2.75) is 19.3 Å². The fourth-order valence-electron chi connectivity index (χ4n) is 1.57. The zero-order valence-electron chi connectivity index (χ0n) is 10.0. The zero-order valence-corrected chi connectivity index (χ0v) is 10.0. The molecule has 1 unspecified atom stereocenters. The van der Waals surface area contributed by atoms with Crippen LogP contribution in [0.3, 0.4) is 0 Å². The summed E-state index contributed by atoms with van der Waals surface area (Å²) in [5.41, 5.74) is 17.2. The van der Waals surface area contributed by atoms with Crippen LogP contribution in [0.5, 0.6) is 0 Å². The molecule has 92 valence electrons. The molecule has 6 N–H and O–H groups in total. The Bertz CT molecular complexity index is 393. The topological polar surface area (TPSA) is 103 Å². The molecule has 1 aromatic carbocycles. The Balaban J connectivity index is 2.69. The standard InChI is InChI=1S/C12H19N5/c1-2-9(10-6-4-3-5-7-10)8-16-12(15)17-11(13)14/h3-7,9H,2,8H2,1H3,(H6,13,14,15,16,17). The number of benzene rings is 1. The van der Waals surface area contributed by atoms with Gasteiger partial charge in [-0.15, -0.1) is 0 Å². The first-order valence-electron chi connectivity index (χ1n) is 5.58. The van der Waals surface area contributed by atoms with E-state index in [2.05, 4.69) is 29.0 Å². The van der Waals surface area contributed by atoms with Gasteiger partial charge in [0.25, 0.3) is 0 Å². The molecule has 0 saturated carbocycles. The van der Waals surface area contributed by atoms with Gasteiger partial charge in [0.1, 0.15) is 0 Å². The smallest absolute Gasteiger partial charge is 0.218 e. The minimum absolute atomic E-state index is 0.0704. The molecular weight excluding hydrogens is 214 g/mol. The van der Waals surface area contributed by atoms with E-state index >= 15 is 0 Å². The first kappa shape index (κ1) is 13.0. The normalized spacial score (nSPS) is 13.1. The number of nitrogens with two attached hydrogens (primary N) is 3. The number of aliphatic imine (C=N–C) groups is 2. The van der Waals surface area contributed by atoms with E-state index in [1.807, 2.05) is 18.2 Å². The highest BCUT2D eigenvalue weighted by Crippen LogP contribution is 2.19. The molecule has 1 rings (SSSR count). The lowest BCUT2D eigenvalue weighted by molar-refractivity contribution is 0.675. The van der Waals surface area contributed by atoms with Gasteiger partial charge in [-0.1, -0.05) is 37.3 Å². The maximum absolute atomic E-state index is 5.56. The van der Waals surface area contributed by atoms with Gasteiger partial charge in [0.2, 0.25) is 5.96 Å². The largest absolute Gasteiger partial charge is 0.370 e. The molecular formula is C12H19N5. The van der Waals surface area contributed by atoms with Gasteiger partial charge in [0, 0.05) is 12.5 Å². The monoisotopic (exact) mass is 233 g/mol. The van der Waals surface area contributed by atoms with E-state index in [-0.39, 0.29) is 11.9 Å². The lowest BCUT2D eigenvalue weighted by Gasteiger charge is -2.12. The minimum atomic E-state index is -0.0704. The van der Waals surface area contributed by atoms with E-state index in [1.54, 1.807) is 0 Å². The van der Waals surface area contributed by atoms with Crippen LogP contribution in [-0.2, 0) is 0 Å². The minimum Gasteiger partial charge on any atom is -0.370 e. The third kappa shape index (κ3) is 4.55. The molecule has 1 aromatic rings. The summed E-state index contributed by atoms with van der Waals surface area (Å²) in [6.45, 7) is 2.70. The van der Waals surface area contributed by atoms with Gasteiger partial charge in [-0.25, -0.2) is 0 Å². The molecule has 0 aromatic heterocycles. The summed E-state index contributed by atoms with van der Waals surface area (Å²) in [7, 11) is 0. The lowest BCUT2D eigenvalue weighted by atomic mass is 9.97. The predicted molar refractivity (Wildman–Crippen MR) is 71.8 cm³/mol. The molecule has 0 saturated heterocycles. The third-order valence-corrected chi connectivity index (χ3v) is 2.48. The fourth-order valence-corrected chi connectivity index (χ4v) is 1.57. The number of hydrogen-bond donors (Lipinski definition) is 3. The zero-order chi connectivity index (χ0) is 12.7. The van der Waals surface area contributed by atoms with E-state index in [1.165, 1.54) is 5.56 Å². The highest BCUT2D eigenvalue weighted by Gasteiger charge is 2.07. The van der Waals surface area contributed by atoms with Crippen LogP contribution in [-0.4, -0.2) is 18.5 Å². The Labute approximate surface area is 101 Å². The van der Waals surface area contributed by atoms with Crippen molar-refractivity contribution in [2.75, 3.05) is 6.54 Å². The summed E-state index contributed by atoms with van der Waals surface area (Å²) in [6.07, 6.45) is 0.989. The van der Waals surface area contributed by atoms with Crippen molar-refractivity contribution in [3.8, 4) is 0 Å². The predicted octanol–water partition coefficient (Wildman–Crippen LogP) is 0.768. The molecule has 0 spiro atoms. The molecule has 0 radical (unpaired) electrons. The van der Waals surface area contributed by atoms with Gasteiger partial charge in [-0.2, -0.15) is 4.99 Å². The van der Waals surface area contributed by atoms with Crippen molar-refractivity contribution in [3.05, 3.63) is 35.9 Å². The highest BCUT2D eigenvalue weighted by molar-refractivity contribution is 5.92. The van der Waals surface area contributed by atoms with Gasteiger partial charge in [-0.05, 0) is 12.0 Å². The molecule has 0 aliphatic heterocycles. The molecule has 5 nitrogen and oxygen atoms in total. The van der Waals surface area contributed by atoms with Gasteiger partial charge in [-0.3, -0.25) is 4.99 Å². The van der Waals surface area contributed by atoms with Gasteiger partial charge >= 0.3 is 0 Å². The molecule has 0 heterocycles. The van der Waals surface area contributed by atoms with Crippen molar-refractivity contribution in [1.82, 2.24) is 0 Å². The Morgan fingerprint density at radius 1 is 1.18 bits per heavy atom. The molecule has 0 aliphatic carbocycles. The van der Waals surface area contributed by atoms with Crippen LogP contribution >= 0.6 is 0 Å². The first-order chi connectivity index (χ1) is 8.13. The first-order valence-corrected chi connectivity index (χ1v) is 5.58. The molecule has 0 amide bonds. The molecule has 5 heteroatoms. The van der Waals surface area contributed by atoms with Gasteiger partial charge in [0.15, 0.2) is 5.96 Å². The van der Waals surface area contributed by atoms with Gasteiger partial charge in [0.05, 0.1) is 0 Å². The summed E-state index contributed by atoms with van der Waals surface area (Å²) in [5, 5.41) is 0. The number of nitrogens with zero attached hydrogens (tertiary/aromatic N) is 2. The van der Waals surface area contributed by atoms with Gasteiger partial charge < -0.3 is 17.2 Å². The van der Waals surface area contributed by atoms with Crippen LogP contribution in [0, 0.1) is 0 Å². The van der Waals surface area contributed by atoms with E-state index in [9.17, 15) is 0 Å². The lowest BCUT2D eigenvalue weighted by Crippen LogP contribution is -2.26.